The van der Waals surface area contributed by atoms with Crippen molar-refractivity contribution in [1.29, 1.82) is 0 Å². The van der Waals surface area contributed by atoms with E-state index in [2.05, 4.69) is 16.1 Å². The molecule has 1 saturated heterocycles. The zero-order valence-corrected chi connectivity index (χ0v) is 15.3. The van der Waals surface area contributed by atoms with Crippen molar-refractivity contribution in [3.8, 4) is 0 Å². The zero-order chi connectivity index (χ0) is 18.7. The fraction of sp³-hybridized carbons (Fsp3) is 0.211. The molecule has 0 atom stereocenters. The summed E-state index contributed by atoms with van der Waals surface area (Å²) in [5.74, 6) is -0.437. The number of benzene rings is 2. The first kappa shape index (κ1) is 17.9. The fourth-order valence-electron chi connectivity index (χ4n) is 2.96. The maximum absolute atomic E-state index is 13.4. The average molecular weight is 368 g/mol. The number of rotatable bonds is 4. The number of hydrogen-bond donors (Lipinski definition) is 3. The molecule has 2 aromatic carbocycles. The van der Waals surface area contributed by atoms with E-state index < -0.39 is 17.5 Å². The summed E-state index contributed by atoms with van der Waals surface area (Å²) in [7, 11) is 0. The highest BCUT2D eigenvalue weighted by Gasteiger charge is 2.54. The van der Waals surface area contributed by atoms with Gasteiger partial charge in [-0.2, -0.15) is 5.01 Å². The number of hydrogen-bond acceptors (Lipinski definition) is 3. The topological polar surface area (TPSA) is 73.5 Å². The molecule has 3 rings (SSSR count). The summed E-state index contributed by atoms with van der Waals surface area (Å²) >= 11 is 5.19. The minimum Gasteiger partial charge on any atom is -0.359 e. The SMILES string of the molecule is CC(C)NC(=S)NN1C(=O)NC(c2ccccc2)(c2ccccc2)C1=O. The molecular weight excluding hydrogens is 348 g/mol. The summed E-state index contributed by atoms with van der Waals surface area (Å²) in [6, 6.07) is 17.8. The molecule has 1 fully saturated rings. The molecule has 0 aliphatic carbocycles. The van der Waals surface area contributed by atoms with Crippen LogP contribution >= 0.6 is 12.2 Å². The third-order valence-corrected chi connectivity index (χ3v) is 4.28. The number of carbonyl (C=O) groups is 2. The van der Waals surface area contributed by atoms with Gasteiger partial charge in [-0.3, -0.25) is 10.2 Å². The maximum Gasteiger partial charge on any atom is 0.344 e. The Balaban J connectivity index is 2.03. The first-order valence-corrected chi connectivity index (χ1v) is 8.71. The van der Waals surface area contributed by atoms with E-state index in [1.807, 2.05) is 74.5 Å². The Kier molecular flexibility index (Phi) is 4.90. The first-order valence-electron chi connectivity index (χ1n) is 8.30. The lowest BCUT2D eigenvalue weighted by atomic mass is 9.83. The lowest BCUT2D eigenvalue weighted by Crippen LogP contribution is -2.52. The molecule has 7 heteroatoms. The summed E-state index contributed by atoms with van der Waals surface area (Å²) in [6.45, 7) is 3.83. The van der Waals surface area contributed by atoms with Gasteiger partial charge in [0.25, 0.3) is 5.91 Å². The number of carbonyl (C=O) groups excluding carboxylic acids is 2. The second kappa shape index (κ2) is 7.13. The summed E-state index contributed by atoms with van der Waals surface area (Å²) in [5, 5.41) is 6.95. The number of amides is 3. The molecule has 0 unspecified atom stereocenters. The van der Waals surface area contributed by atoms with E-state index in [0.29, 0.717) is 11.1 Å². The Morgan fingerprint density at radius 2 is 1.50 bits per heavy atom. The Labute approximate surface area is 157 Å². The van der Waals surface area contributed by atoms with Crippen LogP contribution in [0, 0.1) is 0 Å². The van der Waals surface area contributed by atoms with Crippen LogP contribution in [-0.2, 0) is 10.3 Å². The summed E-state index contributed by atoms with van der Waals surface area (Å²) in [5.41, 5.74) is 2.75. The lowest BCUT2D eigenvalue weighted by molar-refractivity contribution is -0.131. The number of thiocarbonyl (C=S) groups is 1. The van der Waals surface area contributed by atoms with E-state index in [-0.39, 0.29) is 11.2 Å². The molecule has 3 amide bonds. The molecule has 0 radical (unpaired) electrons. The highest BCUT2D eigenvalue weighted by Crippen LogP contribution is 2.35. The molecule has 1 aliphatic rings. The molecule has 1 aliphatic heterocycles. The Morgan fingerprint density at radius 1 is 1.00 bits per heavy atom. The van der Waals surface area contributed by atoms with Crippen LogP contribution in [0.25, 0.3) is 0 Å². The maximum atomic E-state index is 13.4. The summed E-state index contributed by atoms with van der Waals surface area (Å²) in [4.78, 5) is 26.0. The largest absolute Gasteiger partial charge is 0.359 e. The zero-order valence-electron chi connectivity index (χ0n) is 14.5. The van der Waals surface area contributed by atoms with Gasteiger partial charge in [-0.05, 0) is 37.2 Å². The van der Waals surface area contributed by atoms with E-state index in [9.17, 15) is 9.59 Å². The molecule has 0 spiro atoms. The van der Waals surface area contributed by atoms with E-state index in [0.717, 1.165) is 5.01 Å². The van der Waals surface area contributed by atoms with Crippen molar-refractivity contribution in [3.63, 3.8) is 0 Å². The molecule has 26 heavy (non-hydrogen) atoms. The van der Waals surface area contributed by atoms with E-state index in [1.165, 1.54) is 0 Å². The van der Waals surface area contributed by atoms with Gasteiger partial charge < -0.3 is 10.6 Å². The van der Waals surface area contributed by atoms with Gasteiger partial charge >= 0.3 is 6.03 Å². The number of urea groups is 1. The van der Waals surface area contributed by atoms with Crippen molar-refractivity contribution in [2.75, 3.05) is 0 Å². The monoisotopic (exact) mass is 368 g/mol. The van der Waals surface area contributed by atoms with E-state index in [1.54, 1.807) is 0 Å². The van der Waals surface area contributed by atoms with Gasteiger partial charge in [0.15, 0.2) is 10.7 Å². The van der Waals surface area contributed by atoms with Crippen LogP contribution in [0.5, 0.6) is 0 Å². The third kappa shape index (κ3) is 3.13. The van der Waals surface area contributed by atoms with Crippen LogP contribution in [0.2, 0.25) is 0 Å². The summed E-state index contributed by atoms with van der Waals surface area (Å²) < 4.78 is 0. The molecule has 2 aromatic rings. The van der Waals surface area contributed by atoms with Crippen LogP contribution in [0.1, 0.15) is 25.0 Å². The molecule has 3 N–H and O–H groups in total. The minimum atomic E-state index is -1.31. The Morgan fingerprint density at radius 3 is 1.96 bits per heavy atom. The van der Waals surface area contributed by atoms with Crippen LogP contribution < -0.4 is 16.1 Å². The van der Waals surface area contributed by atoms with Gasteiger partial charge in [-0.25, -0.2) is 4.79 Å². The van der Waals surface area contributed by atoms with Crippen molar-refractivity contribution in [2.45, 2.75) is 25.4 Å². The van der Waals surface area contributed by atoms with Crippen LogP contribution in [0.15, 0.2) is 60.7 Å². The third-order valence-electron chi connectivity index (χ3n) is 4.07. The highest BCUT2D eigenvalue weighted by molar-refractivity contribution is 7.80. The van der Waals surface area contributed by atoms with Crippen molar-refractivity contribution in [1.82, 2.24) is 21.1 Å². The molecule has 0 saturated carbocycles. The lowest BCUT2D eigenvalue weighted by Gasteiger charge is -2.28. The van der Waals surface area contributed by atoms with Crippen molar-refractivity contribution >= 4 is 29.3 Å². The molecule has 0 bridgehead atoms. The molecule has 134 valence electrons. The molecular formula is C19H20N4O2S. The predicted octanol–water partition coefficient (Wildman–Crippen LogP) is 2.27. The number of hydrazine groups is 1. The quantitative estimate of drug-likeness (QED) is 0.570. The number of imide groups is 1. The van der Waals surface area contributed by atoms with Crippen LogP contribution in [0.4, 0.5) is 4.79 Å². The highest BCUT2D eigenvalue weighted by atomic mass is 32.1. The van der Waals surface area contributed by atoms with Crippen LogP contribution in [0.3, 0.4) is 0 Å². The Bertz CT molecular complexity index is 784. The van der Waals surface area contributed by atoms with Crippen LogP contribution in [-0.4, -0.2) is 28.1 Å². The van der Waals surface area contributed by atoms with Crippen molar-refractivity contribution < 1.29 is 9.59 Å². The van der Waals surface area contributed by atoms with Gasteiger partial charge in [0.05, 0.1) is 0 Å². The Hall–Kier alpha value is -2.93. The van der Waals surface area contributed by atoms with E-state index in [4.69, 9.17) is 12.2 Å². The fourth-order valence-corrected chi connectivity index (χ4v) is 3.29. The normalized spacial score (nSPS) is 15.7. The van der Waals surface area contributed by atoms with Crippen molar-refractivity contribution in [2.24, 2.45) is 0 Å². The molecule has 0 aromatic heterocycles. The minimum absolute atomic E-state index is 0.0729. The second-order valence-corrected chi connectivity index (χ2v) is 6.70. The van der Waals surface area contributed by atoms with Gasteiger partial charge in [-0.1, -0.05) is 60.7 Å². The standard InChI is InChI=1S/C19H20N4O2S/c1-13(2)20-17(26)22-23-16(24)19(21-18(23)25,14-9-5-3-6-10-14)15-11-7-4-8-12-15/h3-13H,1-2H3,(H,21,25)(H2,20,22,26). The van der Waals surface area contributed by atoms with Crippen molar-refractivity contribution in [3.05, 3.63) is 71.8 Å². The van der Waals surface area contributed by atoms with E-state index >= 15 is 0 Å². The van der Waals surface area contributed by atoms with Gasteiger partial charge in [0.1, 0.15) is 0 Å². The summed E-state index contributed by atoms with van der Waals surface area (Å²) in [6.07, 6.45) is 0. The molecule has 6 nitrogen and oxygen atoms in total. The molecule has 1 heterocycles. The smallest absolute Gasteiger partial charge is 0.344 e. The van der Waals surface area contributed by atoms with Gasteiger partial charge in [0, 0.05) is 6.04 Å². The van der Waals surface area contributed by atoms with Gasteiger partial charge in [-0.15, -0.1) is 0 Å². The average Bonchev–Trinajstić information content (AvgIpc) is 2.88. The number of nitrogens with one attached hydrogen (secondary N) is 3. The first-order chi connectivity index (χ1) is 12.4. The second-order valence-electron chi connectivity index (χ2n) is 6.29. The van der Waals surface area contributed by atoms with Gasteiger partial charge in [0.2, 0.25) is 0 Å². The predicted molar refractivity (Wildman–Crippen MR) is 103 cm³/mol. The number of nitrogens with zero attached hydrogens (tertiary/aromatic N) is 1.